The number of carbonyl (C=O) groups excluding carboxylic acids is 1. The standard InChI is InChI=1S/C14H12N2O/c1-2-9-7-12-14(16-13(9)8-17)10-5-3-4-6-11(10)15-12/h3-8,15H,2H2,1H3. The van der Waals surface area contributed by atoms with Crippen molar-refractivity contribution in [2.45, 2.75) is 13.3 Å². The van der Waals surface area contributed by atoms with Crippen LogP contribution >= 0.6 is 0 Å². The van der Waals surface area contributed by atoms with Crippen LogP contribution < -0.4 is 0 Å². The van der Waals surface area contributed by atoms with Crippen LogP contribution in [0.5, 0.6) is 0 Å². The maximum absolute atomic E-state index is 11.0. The number of hydrogen-bond donors (Lipinski definition) is 1. The van der Waals surface area contributed by atoms with Gasteiger partial charge in [-0.05, 0) is 24.1 Å². The average molecular weight is 224 g/mol. The van der Waals surface area contributed by atoms with Crippen LogP contribution in [-0.2, 0) is 6.42 Å². The van der Waals surface area contributed by atoms with Gasteiger partial charge >= 0.3 is 0 Å². The average Bonchev–Trinajstić information content (AvgIpc) is 2.74. The number of aromatic amines is 1. The summed E-state index contributed by atoms with van der Waals surface area (Å²) < 4.78 is 0. The Balaban J connectivity index is 2.45. The van der Waals surface area contributed by atoms with Crippen LogP contribution in [0.25, 0.3) is 21.9 Å². The monoisotopic (exact) mass is 224 g/mol. The lowest BCUT2D eigenvalue weighted by molar-refractivity contribution is 0.111. The molecule has 84 valence electrons. The Labute approximate surface area is 98.5 Å². The number of pyridine rings is 1. The van der Waals surface area contributed by atoms with Crippen LogP contribution in [0.15, 0.2) is 30.3 Å². The van der Waals surface area contributed by atoms with E-state index in [0.717, 1.165) is 40.2 Å². The molecule has 2 heterocycles. The number of hydrogen-bond acceptors (Lipinski definition) is 2. The van der Waals surface area contributed by atoms with E-state index in [2.05, 4.69) is 9.97 Å². The van der Waals surface area contributed by atoms with E-state index in [4.69, 9.17) is 0 Å². The number of carbonyl (C=O) groups is 1. The van der Waals surface area contributed by atoms with E-state index >= 15 is 0 Å². The lowest BCUT2D eigenvalue weighted by Crippen LogP contribution is -1.95. The summed E-state index contributed by atoms with van der Waals surface area (Å²) in [6.45, 7) is 2.03. The molecule has 0 spiro atoms. The molecule has 3 rings (SSSR count). The van der Waals surface area contributed by atoms with E-state index < -0.39 is 0 Å². The van der Waals surface area contributed by atoms with Crippen molar-refractivity contribution in [3.63, 3.8) is 0 Å². The van der Waals surface area contributed by atoms with Gasteiger partial charge in [0.2, 0.25) is 0 Å². The van der Waals surface area contributed by atoms with Crippen LogP contribution in [0, 0.1) is 0 Å². The highest BCUT2D eigenvalue weighted by Gasteiger charge is 2.09. The van der Waals surface area contributed by atoms with Crippen molar-refractivity contribution < 1.29 is 4.79 Å². The van der Waals surface area contributed by atoms with E-state index in [0.29, 0.717) is 5.69 Å². The number of fused-ring (bicyclic) bond motifs is 3. The molecular weight excluding hydrogens is 212 g/mol. The number of H-pyrrole nitrogens is 1. The van der Waals surface area contributed by atoms with E-state index in [1.54, 1.807) is 0 Å². The minimum absolute atomic E-state index is 0.546. The van der Waals surface area contributed by atoms with E-state index in [1.807, 2.05) is 37.3 Å². The zero-order valence-corrected chi connectivity index (χ0v) is 9.53. The van der Waals surface area contributed by atoms with Gasteiger partial charge in [-0.25, -0.2) is 4.98 Å². The summed E-state index contributed by atoms with van der Waals surface area (Å²) in [5.41, 5.74) is 4.46. The van der Waals surface area contributed by atoms with Crippen molar-refractivity contribution in [1.29, 1.82) is 0 Å². The number of nitrogens with one attached hydrogen (secondary N) is 1. The Morgan fingerprint density at radius 1 is 1.29 bits per heavy atom. The molecule has 0 amide bonds. The number of benzene rings is 1. The summed E-state index contributed by atoms with van der Waals surface area (Å²) in [4.78, 5) is 18.8. The molecule has 17 heavy (non-hydrogen) atoms. The van der Waals surface area contributed by atoms with Gasteiger partial charge < -0.3 is 4.98 Å². The molecule has 1 N–H and O–H groups in total. The molecule has 1 aromatic carbocycles. The van der Waals surface area contributed by atoms with Gasteiger partial charge in [0.25, 0.3) is 0 Å². The van der Waals surface area contributed by atoms with Gasteiger partial charge in [-0.1, -0.05) is 25.1 Å². The highest BCUT2D eigenvalue weighted by Crippen LogP contribution is 2.25. The minimum atomic E-state index is 0.546. The molecular formula is C14H12N2O. The summed E-state index contributed by atoms with van der Waals surface area (Å²) in [6.07, 6.45) is 1.65. The molecule has 0 aliphatic heterocycles. The second-order valence-corrected chi connectivity index (χ2v) is 4.07. The molecule has 0 aliphatic rings. The Hall–Kier alpha value is -2.16. The van der Waals surface area contributed by atoms with E-state index in [9.17, 15) is 4.79 Å². The molecule has 0 fully saturated rings. The second-order valence-electron chi connectivity index (χ2n) is 4.07. The van der Waals surface area contributed by atoms with Crippen molar-refractivity contribution in [3.05, 3.63) is 41.6 Å². The fourth-order valence-electron chi connectivity index (χ4n) is 2.20. The highest BCUT2D eigenvalue weighted by atomic mass is 16.1. The highest BCUT2D eigenvalue weighted by molar-refractivity contribution is 6.05. The normalized spacial score (nSPS) is 11.1. The number of rotatable bonds is 2. The second kappa shape index (κ2) is 3.70. The Kier molecular flexibility index (Phi) is 2.18. The summed E-state index contributed by atoms with van der Waals surface area (Å²) in [5.74, 6) is 0. The first-order chi connectivity index (χ1) is 8.33. The minimum Gasteiger partial charge on any atom is -0.353 e. The quantitative estimate of drug-likeness (QED) is 0.680. The topological polar surface area (TPSA) is 45.8 Å². The predicted molar refractivity (Wildman–Crippen MR) is 68.4 cm³/mol. The Bertz CT molecular complexity index is 713. The molecule has 0 aliphatic carbocycles. The van der Waals surface area contributed by atoms with Gasteiger partial charge in [-0.2, -0.15) is 0 Å². The first-order valence-corrected chi connectivity index (χ1v) is 5.69. The number of aryl methyl sites for hydroxylation is 1. The molecule has 3 aromatic rings. The molecule has 0 unspecified atom stereocenters. The lowest BCUT2D eigenvalue weighted by Gasteiger charge is -2.00. The van der Waals surface area contributed by atoms with Crippen molar-refractivity contribution in [1.82, 2.24) is 9.97 Å². The molecule has 0 radical (unpaired) electrons. The molecule has 0 saturated carbocycles. The van der Waals surface area contributed by atoms with Crippen molar-refractivity contribution in [2.75, 3.05) is 0 Å². The number of aldehydes is 1. The van der Waals surface area contributed by atoms with E-state index in [1.165, 1.54) is 0 Å². The fourth-order valence-corrected chi connectivity index (χ4v) is 2.20. The molecule has 3 nitrogen and oxygen atoms in total. The molecule has 0 saturated heterocycles. The largest absolute Gasteiger partial charge is 0.353 e. The number of para-hydroxylation sites is 1. The SMILES string of the molecule is CCc1cc2[nH]c3ccccc3c2nc1C=O. The third-order valence-corrected chi connectivity index (χ3v) is 3.08. The van der Waals surface area contributed by atoms with Gasteiger partial charge in [-0.15, -0.1) is 0 Å². The van der Waals surface area contributed by atoms with Gasteiger partial charge in [0, 0.05) is 10.9 Å². The van der Waals surface area contributed by atoms with Crippen molar-refractivity contribution in [2.24, 2.45) is 0 Å². The molecule has 2 aromatic heterocycles. The number of aromatic nitrogens is 2. The van der Waals surface area contributed by atoms with Gasteiger partial charge in [0.15, 0.2) is 6.29 Å². The van der Waals surface area contributed by atoms with Crippen LogP contribution in [0.1, 0.15) is 23.0 Å². The lowest BCUT2D eigenvalue weighted by atomic mass is 10.1. The third-order valence-electron chi connectivity index (χ3n) is 3.08. The summed E-state index contributed by atoms with van der Waals surface area (Å²) in [6, 6.07) is 10.0. The zero-order valence-electron chi connectivity index (χ0n) is 9.53. The summed E-state index contributed by atoms with van der Waals surface area (Å²) in [5, 5.41) is 1.06. The van der Waals surface area contributed by atoms with E-state index in [-0.39, 0.29) is 0 Å². The summed E-state index contributed by atoms with van der Waals surface area (Å²) in [7, 11) is 0. The maximum atomic E-state index is 11.0. The van der Waals surface area contributed by atoms with Gasteiger partial charge in [-0.3, -0.25) is 4.79 Å². The molecule has 3 heteroatoms. The van der Waals surface area contributed by atoms with Crippen LogP contribution in [0.2, 0.25) is 0 Å². The Morgan fingerprint density at radius 2 is 2.12 bits per heavy atom. The first kappa shape index (κ1) is 10.0. The van der Waals surface area contributed by atoms with Crippen molar-refractivity contribution >= 4 is 28.2 Å². The zero-order chi connectivity index (χ0) is 11.8. The Morgan fingerprint density at radius 3 is 2.88 bits per heavy atom. The number of nitrogens with zero attached hydrogens (tertiary/aromatic N) is 1. The first-order valence-electron chi connectivity index (χ1n) is 5.69. The third kappa shape index (κ3) is 1.43. The summed E-state index contributed by atoms with van der Waals surface area (Å²) >= 11 is 0. The van der Waals surface area contributed by atoms with Crippen LogP contribution in [-0.4, -0.2) is 16.3 Å². The molecule has 0 atom stereocenters. The fraction of sp³-hybridized carbons (Fsp3) is 0.143. The van der Waals surface area contributed by atoms with Crippen LogP contribution in [0.4, 0.5) is 0 Å². The predicted octanol–water partition coefficient (Wildman–Crippen LogP) is 3.09. The maximum Gasteiger partial charge on any atom is 0.168 e. The van der Waals surface area contributed by atoms with Gasteiger partial charge in [0.05, 0.1) is 11.0 Å². The van der Waals surface area contributed by atoms with Gasteiger partial charge in [0.1, 0.15) is 5.69 Å². The smallest absolute Gasteiger partial charge is 0.168 e. The molecule has 0 bridgehead atoms. The van der Waals surface area contributed by atoms with Crippen molar-refractivity contribution in [3.8, 4) is 0 Å². The van der Waals surface area contributed by atoms with Crippen LogP contribution in [0.3, 0.4) is 0 Å².